The summed E-state index contributed by atoms with van der Waals surface area (Å²) in [4.78, 5) is 8.30. The Bertz CT molecular complexity index is 480. The molecule has 2 rings (SSSR count). The van der Waals surface area contributed by atoms with E-state index < -0.39 is 0 Å². The highest BCUT2D eigenvalue weighted by Crippen LogP contribution is 2.25. The van der Waals surface area contributed by atoms with E-state index in [0.29, 0.717) is 15.9 Å². The van der Waals surface area contributed by atoms with E-state index in [9.17, 15) is 0 Å². The van der Waals surface area contributed by atoms with Crippen molar-refractivity contribution < 1.29 is 0 Å². The molecule has 76 valence electrons. The molecular weight excluding hydrogens is 231 g/mol. The zero-order chi connectivity index (χ0) is 10.8. The molecule has 0 fully saturated rings. The smallest absolute Gasteiger partial charge is 0.125 e. The number of benzene rings is 1. The van der Waals surface area contributed by atoms with Gasteiger partial charge in [0.2, 0.25) is 0 Å². The Morgan fingerprint density at radius 2 is 1.73 bits per heavy atom. The Hall–Kier alpha value is -1.12. The lowest BCUT2D eigenvalue weighted by Crippen LogP contribution is -1.91. The van der Waals surface area contributed by atoms with Crippen LogP contribution in [0.3, 0.4) is 0 Å². The first-order valence-corrected chi connectivity index (χ1v) is 5.17. The monoisotopic (exact) mass is 238 g/mol. The van der Waals surface area contributed by atoms with Crippen LogP contribution in [0.4, 0.5) is 0 Å². The van der Waals surface area contributed by atoms with Crippen LogP contribution >= 0.6 is 23.2 Å². The molecule has 2 aromatic rings. The molecule has 1 aromatic carbocycles. The first kappa shape index (κ1) is 10.4. The van der Waals surface area contributed by atoms with Crippen molar-refractivity contribution >= 4 is 23.2 Å². The van der Waals surface area contributed by atoms with E-state index in [1.54, 1.807) is 6.20 Å². The second-order valence-electron chi connectivity index (χ2n) is 3.12. The summed E-state index contributed by atoms with van der Waals surface area (Å²) in [6, 6.07) is 7.39. The van der Waals surface area contributed by atoms with Gasteiger partial charge in [0.15, 0.2) is 0 Å². The molecule has 0 aliphatic rings. The fourth-order valence-electron chi connectivity index (χ4n) is 1.27. The molecule has 0 saturated heterocycles. The van der Waals surface area contributed by atoms with Crippen LogP contribution < -0.4 is 0 Å². The fourth-order valence-corrected chi connectivity index (χ4v) is 1.59. The summed E-state index contributed by atoms with van der Waals surface area (Å²) in [6.07, 6.45) is 1.60. The third-order valence-electron chi connectivity index (χ3n) is 1.98. The first-order valence-electron chi connectivity index (χ1n) is 4.42. The van der Waals surface area contributed by atoms with E-state index in [1.807, 2.05) is 31.2 Å². The Kier molecular flexibility index (Phi) is 2.89. The summed E-state index contributed by atoms with van der Waals surface area (Å²) < 4.78 is 0. The zero-order valence-corrected chi connectivity index (χ0v) is 9.55. The van der Waals surface area contributed by atoms with Crippen LogP contribution in [0.25, 0.3) is 11.3 Å². The van der Waals surface area contributed by atoms with Crippen LogP contribution in [-0.2, 0) is 0 Å². The second kappa shape index (κ2) is 4.17. The highest BCUT2D eigenvalue weighted by atomic mass is 35.5. The maximum atomic E-state index is 6.01. The van der Waals surface area contributed by atoms with Crippen molar-refractivity contribution in [2.24, 2.45) is 0 Å². The predicted molar refractivity (Wildman–Crippen MR) is 62.2 cm³/mol. The topological polar surface area (TPSA) is 25.8 Å². The molecule has 0 atom stereocenters. The molecule has 0 bridgehead atoms. The maximum Gasteiger partial charge on any atom is 0.125 e. The van der Waals surface area contributed by atoms with E-state index in [0.717, 1.165) is 11.3 Å². The molecule has 1 heterocycles. The van der Waals surface area contributed by atoms with Crippen molar-refractivity contribution in [3.8, 4) is 11.3 Å². The molecule has 0 aliphatic carbocycles. The van der Waals surface area contributed by atoms with E-state index in [-0.39, 0.29) is 0 Å². The van der Waals surface area contributed by atoms with Gasteiger partial charge in [-0.05, 0) is 19.1 Å². The van der Waals surface area contributed by atoms with E-state index in [2.05, 4.69) is 9.97 Å². The first-order chi connectivity index (χ1) is 7.16. The third kappa shape index (κ3) is 2.28. The van der Waals surface area contributed by atoms with Crippen molar-refractivity contribution in [3.05, 3.63) is 46.3 Å². The molecule has 0 amide bonds. The van der Waals surface area contributed by atoms with Gasteiger partial charge in [0, 0.05) is 16.8 Å². The Morgan fingerprint density at radius 3 is 2.40 bits per heavy atom. The van der Waals surface area contributed by atoms with E-state index >= 15 is 0 Å². The van der Waals surface area contributed by atoms with Gasteiger partial charge in [-0.25, -0.2) is 9.97 Å². The molecule has 0 unspecified atom stereocenters. The molecule has 0 radical (unpaired) electrons. The average molecular weight is 239 g/mol. The van der Waals surface area contributed by atoms with Gasteiger partial charge in [0.05, 0.1) is 10.7 Å². The van der Waals surface area contributed by atoms with Crippen LogP contribution in [0.15, 0.2) is 30.5 Å². The summed E-state index contributed by atoms with van der Waals surface area (Å²) in [7, 11) is 0. The fraction of sp³-hybridized carbons (Fsp3) is 0.0909. The summed E-state index contributed by atoms with van der Waals surface area (Å²) in [6.45, 7) is 1.83. The molecule has 0 saturated carbocycles. The minimum atomic E-state index is 0.544. The minimum absolute atomic E-state index is 0.544. The van der Waals surface area contributed by atoms with Gasteiger partial charge in [-0.2, -0.15) is 0 Å². The number of aryl methyl sites for hydroxylation is 1. The van der Waals surface area contributed by atoms with E-state index in [4.69, 9.17) is 23.2 Å². The van der Waals surface area contributed by atoms with Crippen LogP contribution in [-0.4, -0.2) is 9.97 Å². The molecular formula is C11H8Cl2N2. The summed E-state index contributed by atoms with van der Waals surface area (Å²) >= 11 is 11.8. The standard InChI is InChI=1S/C11H8Cl2N2/c1-7-14-6-10(13)11(15-7)8-2-4-9(12)5-3-8/h2-6H,1H3. The number of rotatable bonds is 1. The Morgan fingerprint density at radius 1 is 1.07 bits per heavy atom. The van der Waals surface area contributed by atoms with Gasteiger partial charge < -0.3 is 0 Å². The minimum Gasteiger partial charge on any atom is -0.240 e. The van der Waals surface area contributed by atoms with Crippen molar-refractivity contribution in [2.75, 3.05) is 0 Å². The van der Waals surface area contributed by atoms with Gasteiger partial charge in [0.25, 0.3) is 0 Å². The molecule has 0 N–H and O–H groups in total. The van der Waals surface area contributed by atoms with Gasteiger partial charge in [-0.15, -0.1) is 0 Å². The van der Waals surface area contributed by atoms with Gasteiger partial charge in [-0.3, -0.25) is 0 Å². The van der Waals surface area contributed by atoms with Crippen LogP contribution in [0, 0.1) is 6.92 Å². The van der Waals surface area contributed by atoms with Gasteiger partial charge in [-0.1, -0.05) is 35.3 Å². The molecule has 0 aliphatic heterocycles. The number of hydrogen-bond acceptors (Lipinski definition) is 2. The highest BCUT2D eigenvalue weighted by Gasteiger charge is 2.05. The van der Waals surface area contributed by atoms with Crippen molar-refractivity contribution in [2.45, 2.75) is 6.92 Å². The maximum absolute atomic E-state index is 6.01. The highest BCUT2D eigenvalue weighted by molar-refractivity contribution is 6.33. The molecule has 15 heavy (non-hydrogen) atoms. The summed E-state index contributed by atoms with van der Waals surface area (Å²) in [5.41, 5.74) is 1.68. The molecule has 0 spiro atoms. The second-order valence-corrected chi connectivity index (χ2v) is 3.96. The lowest BCUT2D eigenvalue weighted by atomic mass is 10.1. The van der Waals surface area contributed by atoms with Crippen LogP contribution in [0.2, 0.25) is 10.0 Å². The van der Waals surface area contributed by atoms with Crippen LogP contribution in [0.1, 0.15) is 5.82 Å². The quantitative estimate of drug-likeness (QED) is 0.757. The third-order valence-corrected chi connectivity index (χ3v) is 2.51. The number of halogens is 2. The zero-order valence-electron chi connectivity index (χ0n) is 8.04. The lowest BCUT2D eigenvalue weighted by molar-refractivity contribution is 1.06. The number of hydrogen-bond donors (Lipinski definition) is 0. The average Bonchev–Trinajstić information content (AvgIpc) is 2.23. The van der Waals surface area contributed by atoms with Crippen molar-refractivity contribution in [3.63, 3.8) is 0 Å². The van der Waals surface area contributed by atoms with Crippen LogP contribution in [0.5, 0.6) is 0 Å². The predicted octanol–water partition coefficient (Wildman–Crippen LogP) is 3.76. The summed E-state index contributed by atoms with van der Waals surface area (Å²) in [5.74, 6) is 0.698. The Balaban J connectivity index is 2.53. The van der Waals surface area contributed by atoms with Crippen molar-refractivity contribution in [1.29, 1.82) is 0 Å². The van der Waals surface area contributed by atoms with E-state index in [1.165, 1.54) is 0 Å². The molecule has 4 heteroatoms. The summed E-state index contributed by atoms with van der Waals surface area (Å²) in [5, 5.41) is 1.24. The molecule has 2 nitrogen and oxygen atoms in total. The number of aromatic nitrogens is 2. The SMILES string of the molecule is Cc1ncc(Cl)c(-c2ccc(Cl)cc2)n1. The van der Waals surface area contributed by atoms with Gasteiger partial charge in [0.1, 0.15) is 5.82 Å². The normalized spacial score (nSPS) is 10.3. The van der Waals surface area contributed by atoms with Gasteiger partial charge >= 0.3 is 0 Å². The number of nitrogens with zero attached hydrogens (tertiary/aromatic N) is 2. The lowest BCUT2D eigenvalue weighted by Gasteiger charge is -2.03. The van der Waals surface area contributed by atoms with Crippen molar-refractivity contribution in [1.82, 2.24) is 9.97 Å². The largest absolute Gasteiger partial charge is 0.240 e. The molecule has 1 aromatic heterocycles. The Labute approximate surface area is 97.9 Å².